The molecule has 3 N–H and O–H groups in total. The third-order valence-corrected chi connectivity index (χ3v) is 3.82. The van der Waals surface area contributed by atoms with Crippen LogP contribution in [0.15, 0.2) is 0 Å². The van der Waals surface area contributed by atoms with Gasteiger partial charge in [0.2, 0.25) is 0 Å². The highest BCUT2D eigenvalue weighted by Gasteiger charge is 2.27. The molecule has 0 amide bonds. The molecule has 0 aromatic rings. The number of carboxylic acids is 3. The molecule has 3 atom stereocenters. The molecule has 0 saturated carbocycles. The molecular weight excluding hydrogens is 312 g/mol. The Morgan fingerprint density at radius 2 is 0.895 bits per heavy atom. The zero-order valence-electron chi connectivity index (χ0n) is 9.84. The lowest BCUT2D eigenvalue weighted by Crippen LogP contribution is -2.27. The minimum absolute atomic E-state index is 0.0626. The summed E-state index contributed by atoms with van der Waals surface area (Å²) in [5.74, 6) is -3.85. The average Bonchev–Trinajstić information content (AvgIpc) is 2.27. The van der Waals surface area contributed by atoms with Crippen LogP contribution in [0.3, 0.4) is 0 Å². The lowest BCUT2D eigenvalue weighted by molar-refractivity contribution is -0.137. The van der Waals surface area contributed by atoms with E-state index in [0.29, 0.717) is 0 Å². The van der Waals surface area contributed by atoms with Crippen LogP contribution in [0.4, 0.5) is 0 Å². The van der Waals surface area contributed by atoms with Crippen molar-refractivity contribution in [1.82, 2.24) is 0 Å². The highest BCUT2D eigenvalue weighted by atomic mass is 32.1. The summed E-state index contributed by atoms with van der Waals surface area (Å²) in [6.45, 7) is 0. The van der Waals surface area contributed by atoms with E-state index in [1.54, 1.807) is 0 Å². The molecule has 19 heavy (non-hydrogen) atoms. The normalized spacial score (nSPS) is 17.2. The van der Waals surface area contributed by atoms with Gasteiger partial charge in [0.05, 0.1) is 15.7 Å². The van der Waals surface area contributed by atoms with E-state index in [-0.39, 0.29) is 19.3 Å². The minimum atomic E-state index is -1.13. The Morgan fingerprint density at radius 3 is 1.05 bits per heavy atom. The van der Waals surface area contributed by atoms with Crippen molar-refractivity contribution in [1.29, 1.82) is 0 Å². The third-order valence-electron chi connectivity index (χ3n) is 2.52. The quantitative estimate of drug-likeness (QED) is 0.351. The molecule has 0 heterocycles. The third kappa shape index (κ3) is 7.58. The summed E-state index contributed by atoms with van der Waals surface area (Å²) in [5.41, 5.74) is 0. The lowest BCUT2D eigenvalue weighted by Gasteiger charge is -2.21. The molecule has 6 nitrogen and oxygen atoms in total. The summed E-state index contributed by atoms with van der Waals surface area (Å²) >= 11 is 11.6. The zero-order valence-corrected chi connectivity index (χ0v) is 12.5. The first kappa shape index (κ1) is 18.5. The van der Waals surface area contributed by atoms with Gasteiger partial charge < -0.3 is 15.3 Å². The molecular formula is C10H16O6S3. The van der Waals surface area contributed by atoms with E-state index in [9.17, 15) is 14.4 Å². The molecule has 9 heteroatoms. The number of rotatable bonds is 9. The number of aliphatic carboxylic acids is 3. The predicted octanol–water partition coefficient (Wildman–Crippen LogP) is 0.922. The molecule has 0 fully saturated rings. The van der Waals surface area contributed by atoms with Crippen LogP contribution in [0.25, 0.3) is 0 Å². The van der Waals surface area contributed by atoms with E-state index in [4.69, 9.17) is 15.3 Å². The Morgan fingerprint density at radius 1 is 0.684 bits per heavy atom. The van der Waals surface area contributed by atoms with E-state index >= 15 is 0 Å². The Hall–Kier alpha value is -0.540. The maximum absolute atomic E-state index is 10.7. The van der Waals surface area contributed by atoms with Gasteiger partial charge in [0.25, 0.3) is 0 Å². The number of hydrogen-bond acceptors (Lipinski definition) is 6. The second-order valence-electron chi connectivity index (χ2n) is 4.14. The number of carboxylic acid groups (broad SMARTS) is 3. The van der Waals surface area contributed by atoms with E-state index in [2.05, 4.69) is 37.9 Å². The molecule has 0 aromatic heterocycles. The van der Waals surface area contributed by atoms with Crippen molar-refractivity contribution in [3.63, 3.8) is 0 Å². The monoisotopic (exact) mass is 328 g/mol. The molecule has 110 valence electrons. The van der Waals surface area contributed by atoms with E-state index < -0.39 is 39.6 Å². The topological polar surface area (TPSA) is 112 Å². The SMILES string of the molecule is O=C(O)C(S)CC(CC(S)C(=O)O)CC(S)C(=O)O. The lowest BCUT2D eigenvalue weighted by atomic mass is 9.92. The van der Waals surface area contributed by atoms with Crippen molar-refractivity contribution in [2.24, 2.45) is 5.92 Å². The van der Waals surface area contributed by atoms with Crippen LogP contribution < -0.4 is 0 Å². The van der Waals surface area contributed by atoms with Gasteiger partial charge in [-0.05, 0) is 25.2 Å². The van der Waals surface area contributed by atoms with Gasteiger partial charge in [0.1, 0.15) is 0 Å². The number of hydrogen-bond donors (Lipinski definition) is 6. The highest BCUT2D eigenvalue weighted by Crippen LogP contribution is 2.26. The summed E-state index contributed by atoms with van der Waals surface area (Å²) in [7, 11) is 0. The van der Waals surface area contributed by atoms with E-state index in [0.717, 1.165) is 0 Å². The van der Waals surface area contributed by atoms with Crippen LogP contribution >= 0.6 is 37.9 Å². The summed E-state index contributed by atoms with van der Waals surface area (Å²) in [4.78, 5) is 32.2. The van der Waals surface area contributed by atoms with Gasteiger partial charge in [-0.25, -0.2) is 0 Å². The van der Waals surface area contributed by atoms with Crippen LogP contribution in [-0.4, -0.2) is 49.0 Å². The Balaban J connectivity index is 4.67. The summed E-state index contributed by atoms with van der Waals surface area (Å²) in [6.07, 6.45) is 0.188. The molecule has 0 aliphatic carbocycles. The van der Waals surface area contributed by atoms with Gasteiger partial charge in [0.15, 0.2) is 0 Å². The first-order chi connectivity index (χ1) is 8.65. The standard InChI is InChI=1S/C10H16O6S3/c11-8(12)5(17)1-4(2-6(18)9(13)14)3-7(19)10(15)16/h4-7,17-19H,1-3H2,(H,11,12)(H,13,14)(H,15,16). The molecule has 0 aliphatic heterocycles. The van der Waals surface area contributed by atoms with Crippen molar-refractivity contribution in [2.75, 3.05) is 0 Å². The summed E-state index contributed by atoms with van der Waals surface area (Å²) < 4.78 is 0. The van der Waals surface area contributed by atoms with Gasteiger partial charge in [-0.2, -0.15) is 37.9 Å². The maximum atomic E-state index is 10.7. The molecule has 0 spiro atoms. The predicted molar refractivity (Wildman–Crippen MR) is 78.6 cm³/mol. The van der Waals surface area contributed by atoms with E-state index in [1.807, 2.05) is 0 Å². The average molecular weight is 328 g/mol. The second kappa shape index (κ2) is 8.60. The molecule has 0 bridgehead atoms. The van der Waals surface area contributed by atoms with Crippen molar-refractivity contribution < 1.29 is 29.7 Å². The first-order valence-corrected chi connectivity index (χ1v) is 6.92. The maximum Gasteiger partial charge on any atom is 0.316 e. The van der Waals surface area contributed by atoms with Crippen molar-refractivity contribution >= 4 is 55.8 Å². The van der Waals surface area contributed by atoms with Crippen LogP contribution in [-0.2, 0) is 14.4 Å². The zero-order chi connectivity index (χ0) is 15.2. The van der Waals surface area contributed by atoms with Crippen LogP contribution in [0.2, 0.25) is 0 Å². The van der Waals surface area contributed by atoms with Gasteiger partial charge >= 0.3 is 17.9 Å². The minimum Gasteiger partial charge on any atom is -0.480 e. The van der Waals surface area contributed by atoms with Crippen LogP contribution in [0.1, 0.15) is 19.3 Å². The fraction of sp³-hybridized carbons (Fsp3) is 0.700. The fourth-order valence-electron chi connectivity index (χ4n) is 1.54. The summed E-state index contributed by atoms with van der Waals surface area (Å²) in [5, 5.41) is 23.4. The molecule has 0 rings (SSSR count). The molecule has 0 saturated heterocycles. The van der Waals surface area contributed by atoms with Gasteiger partial charge in [0, 0.05) is 0 Å². The smallest absolute Gasteiger partial charge is 0.316 e. The van der Waals surface area contributed by atoms with Crippen molar-refractivity contribution in [2.45, 2.75) is 35.0 Å². The molecule has 3 unspecified atom stereocenters. The Labute approximate surface area is 126 Å². The van der Waals surface area contributed by atoms with Crippen molar-refractivity contribution in [3.8, 4) is 0 Å². The Kier molecular flexibility index (Phi) is 8.35. The first-order valence-electron chi connectivity index (χ1n) is 5.37. The molecule has 0 aliphatic rings. The molecule has 0 radical (unpaired) electrons. The molecule has 0 aromatic carbocycles. The van der Waals surface area contributed by atoms with E-state index in [1.165, 1.54) is 0 Å². The Bertz CT molecular complexity index is 296. The second-order valence-corrected chi connectivity index (χ2v) is 6.01. The van der Waals surface area contributed by atoms with Gasteiger partial charge in [-0.3, -0.25) is 14.4 Å². The van der Waals surface area contributed by atoms with Crippen LogP contribution in [0.5, 0.6) is 0 Å². The largest absolute Gasteiger partial charge is 0.480 e. The highest BCUT2D eigenvalue weighted by molar-refractivity contribution is 7.82. The summed E-state index contributed by atoms with van der Waals surface area (Å²) in [6, 6.07) is 0. The van der Waals surface area contributed by atoms with Gasteiger partial charge in [-0.15, -0.1) is 0 Å². The van der Waals surface area contributed by atoms with Gasteiger partial charge in [-0.1, -0.05) is 0 Å². The van der Waals surface area contributed by atoms with Crippen LogP contribution in [0, 0.1) is 5.92 Å². The fourth-order valence-corrected chi connectivity index (χ4v) is 2.43. The van der Waals surface area contributed by atoms with Crippen molar-refractivity contribution in [3.05, 3.63) is 0 Å². The number of carbonyl (C=O) groups is 3. The number of thiol groups is 3.